The van der Waals surface area contributed by atoms with Gasteiger partial charge in [-0.1, -0.05) is 6.07 Å². The summed E-state index contributed by atoms with van der Waals surface area (Å²) in [5, 5.41) is 6.43. The van der Waals surface area contributed by atoms with Crippen LogP contribution in [-0.4, -0.2) is 40.3 Å². The van der Waals surface area contributed by atoms with Crippen LogP contribution in [0.15, 0.2) is 35.9 Å². The summed E-state index contributed by atoms with van der Waals surface area (Å²) in [7, 11) is 0. The minimum atomic E-state index is 0.0445. The lowest BCUT2D eigenvalue weighted by Crippen LogP contribution is -2.42. The molecular weight excluding hydrogens is 322 g/mol. The lowest BCUT2D eigenvalue weighted by Gasteiger charge is -2.33. The quantitative estimate of drug-likeness (QED) is 0.758. The molecule has 126 valence electrons. The van der Waals surface area contributed by atoms with E-state index < -0.39 is 0 Å². The lowest BCUT2D eigenvalue weighted by molar-refractivity contribution is -0.128. The van der Waals surface area contributed by atoms with Crippen LogP contribution >= 0.6 is 11.3 Å². The highest BCUT2D eigenvalue weighted by atomic mass is 32.1. The van der Waals surface area contributed by atoms with Gasteiger partial charge in [-0.05, 0) is 42.3 Å². The summed E-state index contributed by atoms with van der Waals surface area (Å²) < 4.78 is 7.87. The molecule has 2 aliphatic rings. The first-order valence-corrected chi connectivity index (χ1v) is 9.28. The fraction of sp³-hybridized carbons (Fsp3) is 0.444. The topological polar surface area (TPSA) is 47.4 Å². The number of hydrogen-bond acceptors (Lipinski definition) is 4. The second-order valence-corrected chi connectivity index (χ2v) is 7.45. The molecule has 4 rings (SSSR count). The van der Waals surface area contributed by atoms with E-state index in [1.54, 1.807) is 23.6 Å². The largest absolute Gasteiger partial charge is 0.379 e. The highest BCUT2D eigenvalue weighted by molar-refractivity contribution is 7.10. The van der Waals surface area contributed by atoms with Crippen LogP contribution in [-0.2, 0) is 16.1 Å². The van der Waals surface area contributed by atoms with Gasteiger partial charge in [-0.15, -0.1) is 11.3 Å². The fourth-order valence-corrected chi connectivity index (χ4v) is 3.60. The highest BCUT2D eigenvalue weighted by Gasteiger charge is 2.28. The molecule has 0 radical (unpaired) electrons. The van der Waals surface area contributed by atoms with Crippen molar-refractivity contribution in [3.63, 3.8) is 0 Å². The van der Waals surface area contributed by atoms with Crippen molar-refractivity contribution in [2.75, 3.05) is 19.8 Å². The second kappa shape index (κ2) is 6.91. The van der Waals surface area contributed by atoms with Crippen molar-refractivity contribution in [3.8, 4) is 0 Å². The van der Waals surface area contributed by atoms with Crippen LogP contribution in [0.4, 0.5) is 0 Å². The standard InChI is InChI=1S/C18H21N3O2S/c22-18(6-5-17-2-1-9-24-17)20-10-15-7-8-19-21(15)16(11-20)13-23-12-14-3-4-14/h1-2,5-9,14,16H,3-4,10-13H2/b6-5+. The average molecular weight is 343 g/mol. The first-order valence-electron chi connectivity index (χ1n) is 8.40. The molecule has 1 saturated carbocycles. The van der Waals surface area contributed by atoms with Crippen molar-refractivity contribution in [2.45, 2.75) is 25.4 Å². The molecule has 2 aromatic heterocycles. The number of carbonyl (C=O) groups excluding carboxylic acids is 1. The Morgan fingerprint density at radius 2 is 2.29 bits per heavy atom. The van der Waals surface area contributed by atoms with Crippen LogP contribution in [0.3, 0.4) is 0 Å². The van der Waals surface area contributed by atoms with Gasteiger partial charge >= 0.3 is 0 Å². The average Bonchev–Trinajstić information content (AvgIpc) is 3.08. The molecule has 1 aliphatic heterocycles. The normalized spacial score (nSPS) is 20.5. The Labute approximate surface area is 145 Å². The number of hydrogen-bond donors (Lipinski definition) is 0. The minimum absolute atomic E-state index is 0.0445. The van der Waals surface area contributed by atoms with Crippen molar-refractivity contribution in [1.29, 1.82) is 0 Å². The van der Waals surface area contributed by atoms with E-state index in [4.69, 9.17) is 4.74 Å². The maximum Gasteiger partial charge on any atom is 0.247 e. The van der Waals surface area contributed by atoms with Crippen LogP contribution in [0.1, 0.15) is 29.5 Å². The summed E-state index contributed by atoms with van der Waals surface area (Å²) in [6, 6.07) is 6.08. The van der Waals surface area contributed by atoms with Gasteiger partial charge in [-0.3, -0.25) is 9.48 Å². The Balaban J connectivity index is 1.41. The summed E-state index contributed by atoms with van der Waals surface area (Å²) in [4.78, 5) is 15.5. The third-order valence-electron chi connectivity index (χ3n) is 4.49. The zero-order valence-electron chi connectivity index (χ0n) is 13.5. The molecule has 0 aromatic carbocycles. The summed E-state index contributed by atoms with van der Waals surface area (Å²) in [5.74, 6) is 0.792. The van der Waals surface area contributed by atoms with Crippen LogP contribution in [0.2, 0.25) is 0 Å². The highest BCUT2D eigenvalue weighted by Crippen LogP contribution is 2.29. The zero-order valence-corrected chi connectivity index (χ0v) is 14.3. The number of fused-ring (bicyclic) bond motifs is 1. The molecule has 0 N–H and O–H groups in total. The molecule has 2 aromatic rings. The molecule has 24 heavy (non-hydrogen) atoms. The molecule has 1 unspecified atom stereocenters. The van der Waals surface area contributed by atoms with Crippen LogP contribution < -0.4 is 0 Å². The molecule has 0 bridgehead atoms. The number of nitrogens with zero attached hydrogens (tertiary/aromatic N) is 3. The molecule has 1 fully saturated rings. The van der Waals surface area contributed by atoms with E-state index in [0.717, 1.165) is 23.1 Å². The van der Waals surface area contributed by atoms with Gasteiger partial charge in [-0.25, -0.2) is 0 Å². The van der Waals surface area contributed by atoms with Crippen LogP contribution in [0.5, 0.6) is 0 Å². The molecule has 1 aliphatic carbocycles. The smallest absolute Gasteiger partial charge is 0.247 e. The van der Waals surface area contributed by atoms with Crippen molar-refractivity contribution < 1.29 is 9.53 Å². The van der Waals surface area contributed by atoms with E-state index in [1.807, 2.05) is 39.2 Å². The maximum atomic E-state index is 12.5. The summed E-state index contributed by atoms with van der Waals surface area (Å²) in [6.07, 6.45) is 7.93. The van der Waals surface area contributed by atoms with Gasteiger partial charge < -0.3 is 9.64 Å². The third kappa shape index (κ3) is 3.60. The van der Waals surface area contributed by atoms with E-state index in [0.29, 0.717) is 19.7 Å². The molecule has 0 spiro atoms. The van der Waals surface area contributed by atoms with Crippen molar-refractivity contribution >= 4 is 23.3 Å². The van der Waals surface area contributed by atoms with Crippen LogP contribution in [0, 0.1) is 5.92 Å². The van der Waals surface area contributed by atoms with Gasteiger partial charge in [0.05, 0.1) is 24.9 Å². The van der Waals surface area contributed by atoms with Crippen molar-refractivity contribution in [2.24, 2.45) is 5.92 Å². The first-order chi connectivity index (χ1) is 11.8. The lowest BCUT2D eigenvalue weighted by atomic mass is 10.2. The summed E-state index contributed by atoms with van der Waals surface area (Å²) in [6.45, 7) is 2.70. The predicted octanol–water partition coefficient (Wildman–Crippen LogP) is 2.97. The van der Waals surface area contributed by atoms with Crippen LogP contribution in [0.25, 0.3) is 6.08 Å². The van der Waals surface area contributed by atoms with Crippen molar-refractivity contribution in [3.05, 3.63) is 46.4 Å². The molecule has 1 atom stereocenters. The monoisotopic (exact) mass is 343 g/mol. The first kappa shape index (κ1) is 15.6. The number of thiophene rings is 1. The number of ether oxygens (including phenoxy) is 1. The minimum Gasteiger partial charge on any atom is -0.379 e. The number of aromatic nitrogens is 2. The molecule has 6 heteroatoms. The van der Waals surface area contributed by atoms with Gasteiger partial charge in [0.1, 0.15) is 0 Å². The fourth-order valence-electron chi connectivity index (χ4n) is 2.98. The van der Waals surface area contributed by atoms with E-state index in [-0.39, 0.29) is 11.9 Å². The Kier molecular flexibility index (Phi) is 4.49. The molecule has 3 heterocycles. The molecule has 0 saturated heterocycles. The van der Waals surface area contributed by atoms with E-state index >= 15 is 0 Å². The van der Waals surface area contributed by atoms with E-state index in [9.17, 15) is 4.79 Å². The number of rotatable bonds is 6. The molecule has 1 amide bonds. The number of carbonyl (C=O) groups is 1. The Hall–Kier alpha value is -1.92. The Bertz CT molecular complexity index is 718. The van der Waals surface area contributed by atoms with Gasteiger partial charge in [0.2, 0.25) is 5.91 Å². The van der Waals surface area contributed by atoms with E-state index in [1.165, 1.54) is 12.8 Å². The zero-order chi connectivity index (χ0) is 16.4. The number of amides is 1. The summed E-state index contributed by atoms with van der Waals surface area (Å²) in [5.41, 5.74) is 1.07. The molecule has 5 nitrogen and oxygen atoms in total. The van der Waals surface area contributed by atoms with Gasteiger partial charge in [0.25, 0.3) is 0 Å². The summed E-state index contributed by atoms with van der Waals surface area (Å²) >= 11 is 1.63. The second-order valence-electron chi connectivity index (χ2n) is 6.47. The van der Waals surface area contributed by atoms with Crippen molar-refractivity contribution in [1.82, 2.24) is 14.7 Å². The molecular formula is C18H21N3O2S. The van der Waals surface area contributed by atoms with Gasteiger partial charge in [0, 0.05) is 30.3 Å². The Morgan fingerprint density at radius 3 is 3.08 bits per heavy atom. The van der Waals surface area contributed by atoms with E-state index in [2.05, 4.69) is 5.10 Å². The SMILES string of the molecule is O=C(/C=C/c1cccs1)N1Cc2ccnn2C(COCC2CC2)C1. The third-order valence-corrected chi connectivity index (χ3v) is 5.33. The van der Waals surface area contributed by atoms with Gasteiger partial charge in [-0.2, -0.15) is 5.10 Å². The Morgan fingerprint density at radius 1 is 1.38 bits per heavy atom. The predicted molar refractivity (Wildman–Crippen MR) is 93.6 cm³/mol. The maximum absolute atomic E-state index is 12.5. The van der Waals surface area contributed by atoms with Gasteiger partial charge in [0.15, 0.2) is 0 Å².